The van der Waals surface area contributed by atoms with Gasteiger partial charge >= 0.3 is 0 Å². The molecule has 0 bridgehead atoms. The summed E-state index contributed by atoms with van der Waals surface area (Å²) in [4.78, 5) is 0. The first-order valence-electron chi connectivity index (χ1n) is 8.41. The highest BCUT2D eigenvalue weighted by Gasteiger charge is 2.02. The van der Waals surface area contributed by atoms with Crippen LogP contribution in [0.3, 0.4) is 0 Å². The lowest BCUT2D eigenvalue weighted by molar-refractivity contribution is 1.55. The molecule has 120 valence electrons. The maximum absolute atomic E-state index is 3.80. The van der Waals surface area contributed by atoms with Crippen LogP contribution in [-0.4, -0.2) is 0 Å². The summed E-state index contributed by atoms with van der Waals surface area (Å²) >= 11 is 0. The van der Waals surface area contributed by atoms with Gasteiger partial charge in [0.05, 0.1) is 0 Å². The number of hydrogen-bond acceptors (Lipinski definition) is 1. The summed E-state index contributed by atoms with van der Waals surface area (Å²) in [6.45, 7) is 3.80. The number of anilines is 2. The van der Waals surface area contributed by atoms with Gasteiger partial charge in [0.2, 0.25) is 0 Å². The summed E-state index contributed by atoms with van der Waals surface area (Å²) in [6.07, 6.45) is 1.86. The Labute approximate surface area is 148 Å². The Morgan fingerprint density at radius 2 is 1.28 bits per heavy atom. The second-order valence-electron chi connectivity index (χ2n) is 6.06. The molecule has 4 aromatic carbocycles. The normalized spacial score (nSPS) is 10.6. The maximum atomic E-state index is 3.80. The van der Waals surface area contributed by atoms with Crippen LogP contribution < -0.4 is 5.32 Å². The van der Waals surface area contributed by atoms with Crippen LogP contribution in [0.25, 0.3) is 28.0 Å². The van der Waals surface area contributed by atoms with Gasteiger partial charge < -0.3 is 5.32 Å². The molecule has 4 rings (SSSR count). The zero-order chi connectivity index (χ0) is 17.1. The third-order valence-electron chi connectivity index (χ3n) is 4.43. The van der Waals surface area contributed by atoms with Gasteiger partial charge in [-0.25, -0.2) is 0 Å². The van der Waals surface area contributed by atoms with Gasteiger partial charge in [0, 0.05) is 16.8 Å². The number of benzene rings is 4. The highest BCUT2D eigenvalue weighted by Crippen LogP contribution is 2.28. The Hall–Kier alpha value is -3.32. The van der Waals surface area contributed by atoms with Crippen LogP contribution in [0.5, 0.6) is 0 Å². The summed E-state index contributed by atoms with van der Waals surface area (Å²) in [5.74, 6) is 0. The van der Waals surface area contributed by atoms with Crippen molar-refractivity contribution in [2.45, 2.75) is 0 Å². The molecule has 0 aliphatic heterocycles. The molecular formula is C24H19N. The molecule has 0 aliphatic rings. The number of rotatable bonds is 4. The Bertz CT molecular complexity index is 1010. The molecule has 4 aromatic rings. The second kappa shape index (κ2) is 6.66. The van der Waals surface area contributed by atoms with Crippen molar-refractivity contribution >= 4 is 28.2 Å². The predicted molar refractivity (Wildman–Crippen MR) is 109 cm³/mol. The fourth-order valence-corrected chi connectivity index (χ4v) is 3.05. The maximum Gasteiger partial charge on any atom is 0.0463 e. The van der Waals surface area contributed by atoms with Crippen LogP contribution in [-0.2, 0) is 0 Å². The van der Waals surface area contributed by atoms with Crippen molar-refractivity contribution in [3.05, 3.63) is 103 Å². The number of hydrogen-bond donors (Lipinski definition) is 1. The van der Waals surface area contributed by atoms with E-state index >= 15 is 0 Å². The molecule has 1 nitrogen and oxygen atoms in total. The molecule has 0 heterocycles. The molecule has 0 unspecified atom stereocenters. The van der Waals surface area contributed by atoms with Gasteiger partial charge in [0.15, 0.2) is 0 Å². The zero-order valence-corrected chi connectivity index (χ0v) is 13.9. The average Bonchev–Trinajstić information content (AvgIpc) is 2.69. The first-order valence-corrected chi connectivity index (χ1v) is 8.41. The molecule has 0 saturated heterocycles. The molecule has 0 amide bonds. The molecule has 0 radical (unpaired) electrons. The topological polar surface area (TPSA) is 12.0 Å². The molecular weight excluding hydrogens is 302 g/mol. The monoisotopic (exact) mass is 321 g/mol. The Morgan fingerprint density at radius 3 is 2.00 bits per heavy atom. The van der Waals surface area contributed by atoms with Crippen LogP contribution >= 0.6 is 0 Å². The lowest BCUT2D eigenvalue weighted by Crippen LogP contribution is -1.91. The fraction of sp³-hybridized carbons (Fsp3) is 0. The van der Waals surface area contributed by atoms with Crippen molar-refractivity contribution in [2.24, 2.45) is 0 Å². The van der Waals surface area contributed by atoms with E-state index in [1.807, 2.05) is 6.08 Å². The average molecular weight is 321 g/mol. The van der Waals surface area contributed by atoms with Gasteiger partial charge in [0.25, 0.3) is 0 Å². The van der Waals surface area contributed by atoms with Gasteiger partial charge in [-0.1, -0.05) is 85.5 Å². The van der Waals surface area contributed by atoms with Gasteiger partial charge in [-0.2, -0.15) is 0 Å². The van der Waals surface area contributed by atoms with Gasteiger partial charge in [0.1, 0.15) is 0 Å². The van der Waals surface area contributed by atoms with Crippen molar-refractivity contribution < 1.29 is 0 Å². The molecule has 25 heavy (non-hydrogen) atoms. The van der Waals surface area contributed by atoms with E-state index in [9.17, 15) is 0 Å². The summed E-state index contributed by atoms with van der Waals surface area (Å²) in [6, 6.07) is 31.7. The van der Waals surface area contributed by atoms with E-state index in [2.05, 4.69) is 103 Å². The van der Waals surface area contributed by atoms with E-state index in [0.717, 1.165) is 16.9 Å². The van der Waals surface area contributed by atoms with Crippen LogP contribution in [0.1, 0.15) is 5.56 Å². The van der Waals surface area contributed by atoms with Crippen molar-refractivity contribution in [1.82, 2.24) is 0 Å². The number of nitrogens with one attached hydrogen (secondary N) is 1. The summed E-state index contributed by atoms with van der Waals surface area (Å²) in [7, 11) is 0. The third kappa shape index (κ3) is 3.17. The van der Waals surface area contributed by atoms with Gasteiger partial charge in [-0.3, -0.25) is 0 Å². The molecule has 0 aliphatic carbocycles. The molecule has 0 atom stereocenters. The highest BCUT2D eigenvalue weighted by atomic mass is 14.9. The summed E-state index contributed by atoms with van der Waals surface area (Å²) < 4.78 is 0. The molecule has 1 N–H and O–H groups in total. The predicted octanol–water partition coefficient (Wildman–Crippen LogP) is 6.89. The molecule has 0 spiro atoms. The van der Waals surface area contributed by atoms with Crippen LogP contribution in [0, 0.1) is 0 Å². The minimum absolute atomic E-state index is 1.09. The van der Waals surface area contributed by atoms with Crippen molar-refractivity contribution in [3.8, 4) is 11.1 Å². The van der Waals surface area contributed by atoms with Crippen molar-refractivity contribution in [3.63, 3.8) is 0 Å². The lowest BCUT2D eigenvalue weighted by Gasteiger charge is -2.11. The van der Waals surface area contributed by atoms with Crippen molar-refractivity contribution in [2.75, 3.05) is 5.32 Å². The molecule has 0 saturated carbocycles. The Morgan fingerprint density at radius 1 is 0.640 bits per heavy atom. The summed E-state index contributed by atoms with van der Waals surface area (Å²) in [5.41, 5.74) is 5.77. The Balaban J connectivity index is 1.60. The van der Waals surface area contributed by atoms with E-state index < -0.39 is 0 Å². The van der Waals surface area contributed by atoms with E-state index in [1.54, 1.807) is 0 Å². The van der Waals surface area contributed by atoms with Gasteiger partial charge in [-0.15, -0.1) is 0 Å². The van der Waals surface area contributed by atoms with E-state index in [4.69, 9.17) is 0 Å². The van der Waals surface area contributed by atoms with Crippen LogP contribution in [0.15, 0.2) is 97.6 Å². The third-order valence-corrected chi connectivity index (χ3v) is 4.43. The lowest BCUT2D eigenvalue weighted by atomic mass is 10.0. The molecule has 1 heteroatoms. The van der Waals surface area contributed by atoms with Gasteiger partial charge in [-0.05, 0) is 40.3 Å². The van der Waals surface area contributed by atoms with Crippen molar-refractivity contribution in [1.29, 1.82) is 0 Å². The van der Waals surface area contributed by atoms with E-state index in [0.29, 0.717) is 0 Å². The van der Waals surface area contributed by atoms with E-state index in [-0.39, 0.29) is 0 Å². The van der Waals surface area contributed by atoms with Crippen LogP contribution in [0.4, 0.5) is 11.4 Å². The Kier molecular flexibility index (Phi) is 4.05. The molecule has 0 fully saturated rings. The smallest absolute Gasteiger partial charge is 0.0463 e. The first kappa shape index (κ1) is 15.2. The summed E-state index contributed by atoms with van der Waals surface area (Å²) in [5, 5.41) is 6.00. The SMILES string of the molecule is C=Cc1ccc(-c2ccc(Nc3cccc4ccccc34)cc2)cc1. The minimum Gasteiger partial charge on any atom is -0.355 e. The van der Waals surface area contributed by atoms with Crippen LogP contribution in [0.2, 0.25) is 0 Å². The van der Waals surface area contributed by atoms with E-state index in [1.165, 1.54) is 21.9 Å². The minimum atomic E-state index is 1.09. The number of fused-ring (bicyclic) bond motifs is 1. The fourth-order valence-electron chi connectivity index (χ4n) is 3.05. The molecule has 0 aromatic heterocycles. The second-order valence-corrected chi connectivity index (χ2v) is 6.06. The quantitative estimate of drug-likeness (QED) is 0.431. The zero-order valence-electron chi connectivity index (χ0n) is 13.9. The highest BCUT2D eigenvalue weighted by molar-refractivity contribution is 5.95. The standard InChI is InChI=1S/C24H19N/c1-2-18-10-12-19(13-11-18)20-14-16-22(17-15-20)25-24-9-5-7-21-6-3-4-8-23(21)24/h2-17,25H,1H2. The largest absolute Gasteiger partial charge is 0.355 e. The first-order chi connectivity index (χ1) is 12.3.